The van der Waals surface area contributed by atoms with Gasteiger partial charge in [-0.3, -0.25) is 19.7 Å². The van der Waals surface area contributed by atoms with Crippen LogP contribution in [0.4, 0.5) is 17.1 Å². The van der Waals surface area contributed by atoms with E-state index in [1.165, 1.54) is 38.5 Å². The number of benzene rings is 2. The molecule has 1 heterocycles. The van der Waals surface area contributed by atoms with Gasteiger partial charge in [0.25, 0.3) is 11.6 Å². The number of rotatable bonds is 5. The first kappa shape index (κ1) is 19.2. The van der Waals surface area contributed by atoms with Crippen LogP contribution in [0.5, 0.6) is 11.5 Å². The molecule has 0 fully saturated rings. The number of nitrogens with zero attached hydrogens (tertiary/aromatic N) is 1. The van der Waals surface area contributed by atoms with Crippen LogP contribution in [0.1, 0.15) is 29.8 Å². The second-order valence-electron chi connectivity index (χ2n) is 6.78. The average Bonchev–Trinajstić information content (AvgIpc) is 2.88. The fourth-order valence-electron chi connectivity index (χ4n) is 3.03. The number of nitrogens with one attached hydrogen (secondary N) is 2. The molecule has 0 saturated heterocycles. The summed E-state index contributed by atoms with van der Waals surface area (Å²) < 4.78 is 10.3. The second kappa shape index (κ2) is 6.84. The molecule has 2 aromatic rings. The molecule has 2 N–H and O–H groups in total. The number of nitro groups is 1. The lowest BCUT2D eigenvalue weighted by molar-refractivity contribution is -0.384. The third kappa shape index (κ3) is 3.11. The van der Waals surface area contributed by atoms with Gasteiger partial charge in [-0.15, -0.1) is 0 Å². The van der Waals surface area contributed by atoms with E-state index in [1.54, 1.807) is 19.9 Å². The number of methoxy groups -OCH3 is 2. The van der Waals surface area contributed by atoms with Crippen molar-refractivity contribution in [3.05, 3.63) is 51.6 Å². The summed E-state index contributed by atoms with van der Waals surface area (Å²) in [6, 6.07) is 7.27. The van der Waals surface area contributed by atoms with Crippen molar-refractivity contribution in [2.45, 2.75) is 19.3 Å². The minimum Gasteiger partial charge on any atom is -0.493 e. The van der Waals surface area contributed by atoms with E-state index >= 15 is 0 Å². The molecule has 28 heavy (non-hydrogen) atoms. The molecule has 2 amide bonds. The van der Waals surface area contributed by atoms with Crippen molar-refractivity contribution in [3.8, 4) is 11.5 Å². The fraction of sp³-hybridized carbons (Fsp3) is 0.263. The summed E-state index contributed by atoms with van der Waals surface area (Å²) in [5.41, 5.74) is -0.0292. The van der Waals surface area contributed by atoms with Crippen molar-refractivity contribution >= 4 is 28.9 Å². The van der Waals surface area contributed by atoms with Crippen LogP contribution in [-0.4, -0.2) is 31.0 Å². The highest BCUT2D eigenvalue weighted by Gasteiger charge is 2.40. The molecule has 0 bridgehead atoms. The average molecular weight is 385 g/mol. The Labute approximate surface area is 160 Å². The topological polar surface area (TPSA) is 120 Å². The fourth-order valence-corrected chi connectivity index (χ4v) is 3.03. The Morgan fingerprint density at radius 1 is 1.14 bits per heavy atom. The molecule has 0 aromatic heterocycles. The minimum absolute atomic E-state index is 0.0125. The summed E-state index contributed by atoms with van der Waals surface area (Å²) >= 11 is 0. The molecule has 3 rings (SSSR count). The van der Waals surface area contributed by atoms with Crippen molar-refractivity contribution in [1.29, 1.82) is 0 Å². The van der Waals surface area contributed by atoms with Crippen LogP contribution in [0.15, 0.2) is 30.3 Å². The standard InChI is InChI=1S/C19H19N3O6/c1-19(2)11-8-14(22(25)26)13(9-12(11)21-18(19)24)20-17(23)10-5-6-15(27-3)16(7-10)28-4/h5-9H,1-4H3,(H,20,23)(H,21,24). The number of carbonyl (C=O) groups is 2. The predicted molar refractivity (Wildman–Crippen MR) is 102 cm³/mol. The predicted octanol–water partition coefficient (Wildman–Crippen LogP) is 3.09. The molecule has 9 nitrogen and oxygen atoms in total. The Hall–Kier alpha value is -3.62. The lowest BCUT2D eigenvalue weighted by Gasteiger charge is -2.15. The van der Waals surface area contributed by atoms with Crippen LogP contribution >= 0.6 is 0 Å². The van der Waals surface area contributed by atoms with Gasteiger partial charge in [-0.2, -0.15) is 0 Å². The van der Waals surface area contributed by atoms with Crippen LogP contribution in [0.2, 0.25) is 0 Å². The molecule has 9 heteroatoms. The SMILES string of the molecule is COc1ccc(C(=O)Nc2cc3c(cc2[N+](=O)[O-])C(C)(C)C(=O)N3)cc1OC. The quantitative estimate of drug-likeness (QED) is 0.603. The number of anilines is 2. The molecule has 1 aliphatic rings. The van der Waals surface area contributed by atoms with Crippen molar-refractivity contribution in [3.63, 3.8) is 0 Å². The van der Waals surface area contributed by atoms with Crippen LogP contribution in [0.25, 0.3) is 0 Å². The van der Waals surface area contributed by atoms with Gasteiger partial charge >= 0.3 is 0 Å². The summed E-state index contributed by atoms with van der Waals surface area (Å²) in [4.78, 5) is 35.7. The largest absolute Gasteiger partial charge is 0.493 e. The number of hydrogen-bond donors (Lipinski definition) is 2. The zero-order valence-corrected chi connectivity index (χ0v) is 15.8. The van der Waals surface area contributed by atoms with Crippen LogP contribution in [0, 0.1) is 10.1 Å². The van der Waals surface area contributed by atoms with E-state index in [1.807, 2.05) is 0 Å². The first-order chi connectivity index (χ1) is 13.2. The van der Waals surface area contributed by atoms with E-state index in [2.05, 4.69) is 10.6 Å². The molecular formula is C19H19N3O6. The summed E-state index contributed by atoms with van der Waals surface area (Å²) in [6.07, 6.45) is 0. The van der Waals surface area contributed by atoms with Gasteiger partial charge in [0, 0.05) is 17.3 Å². The van der Waals surface area contributed by atoms with E-state index in [4.69, 9.17) is 9.47 Å². The molecule has 0 spiro atoms. The number of nitro benzene ring substituents is 1. The highest BCUT2D eigenvalue weighted by molar-refractivity contribution is 6.09. The van der Waals surface area contributed by atoms with Crippen LogP contribution in [-0.2, 0) is 10.2 Å². The Morgan fingerprint density at radius 3 is 2.43 bits per heavy atom. The summed E-state index contributed by atoms with van der Waals surface area (Å²) in [5.74, 6) is -0.0205. The highest BCUT2D eigenvalue weighted by atomic mass is 16.6. The number of ether oxygens (including phenoxy) is 2. The maximum absolute atomic E-state index is 12.6. The Morgan fingerprint density at radius 2 is 1.82 bits per heavy atom. The first-order valence-electron chi connectivity index (χ1n) is 8.36. The maximum Gasteiger partial charge on any atom is 0.293 e. The Kier molecular flexibility index (Phi) is 4.68. The van der Waals surface area contributed by atoms with Gasteiger partial charge in [0.2, 0.25) is 5.91 Å². The third-order valence-corrected chi connectivity index (χ3v) is 4.72. The van der Waals surface area contributed by atoms with Crippen molar-refractivity contribution in [2.24, 2.45) is 0 Å². The van der Waals surface area contributed by atoms with E-state index in [-0.39, 0.29) is 22.8 Å². The molecule has 146 valence electrons. The molecule has 2 aromatic carbocycles. The van der Waals surface area contributed by atoms with Gasteiger partial charge in [-0.05, 0) is 43.7 Å². The molecular weight excluding hydrogens is 366 g/mol. The molecule has 0 radical (unpaired) electrons. The van der Waals surface area contributed by atoms with E-state index in [0.717, 1.165) is 0 Å². The lowest BCUT2D eigenvalue weighted by Crippen LogP contribution is -2.26. The van der Waals surface area contributed by atoms with Gasteiger partial charge < -0.3 is 20.1 Å². The number of fused-ring (bicyclic) bond motifs is 1. The monoisotopic (exact) mass is 385 g/mol. The zero-order valence-electron chi connectivity index (χ0n) is 15.8. The van der Waals surface area contributed by atoms with E-state index in [0.29, 0.717) is 22.7 Å². The van der Waals surface area contributed by atoms with Gasteiger partial charge in [-0.1, -0.05) is 0 Å². The summed E-state index contributed by atoms with van der Waals surface area (Å²) in [6.45, 7) is 3.36. The van der Waals surface area contributed by atoms with Crippen molar-refractivity contribution in [1.82, 2.24) is 0 Å². The molecule has 0 saturated carbocycles. The smallest absolute Gasteiger partial charge is 0.293 e. The van der Waals surface area contributed by atoms with Gasteiger partial charge in [0.15, 0.2) is 11.5 Å². The number of carbonyl (C=O) groups excluding carboxylic acids is 2. The highest BCUT2D eigenvalue weighted by Crippen LogP contribution is 2.42. The molecule has 1 aliphatic heterocycles. The Bertz CT molecular complexity index is 999. The van der Waals surface area contributed by atoms with Crippen molar-refractivity contribution < 1.29 is 24.0 Å². The van der Waals surface area contributed by atoms with Crippen molar-refractivity contribution in [2.75, 3.05) is 24.9 Å². The van der Waals surface area contributed by atoms with E-state index < -0.39 is 16.2 Å². The first-order valence-corrected chi connectivity index (χ1v) is 8.36. The molecule has 0 aliphatic carbocycles. The normalized spacial score (nSPS) is 14.1. The minimum atomic E-state index is -0.897. The molecule has 0 unspecified atom stereocenters. The Balaban J connectivity index is 1.99. The third-order valence-electron chi connectivity index (χ3n) is 4.72. The number of hydrogen-bond acceptors (Lipinski definition) is 6. The van der Waals surface area contributed by atoms with Gasteiger partial charge in [0.05, 0.1) is 24.6 Å². The zero-order chi connectivity index (χ0) is 20.6. The van der Waals surface area contributed by atoms with Crippen LogP contribution in [0.3, 0.4) is 0 Å². The maximum atomic E-state index is 12.6. The van der Waals surface area contributed by atoms with Crippen LogP contribution < -0.4 is 20.1 Å². The van der Waals surface area contributed by atoms with E-state index in [9.17, 15) is 19.7 Å². The summed E-state index contributed by atoms with van der Waals surface area (Å²) in [5, 5.41) is 16.8. The molecule has 0 atom stereocenters. The second-order valence-corrected chi connectivity index (χ2v) is 6.78. The summed E-state index contributed by atoms with van der Waals surface area (Å²) in [7, 11) is 2.91. The van der Waals surface area contributed by atoms with Gasteiger partial charge in [-0.25, -0.2) is 0 Å². The lowest BCUT2D eigenvalue weighted by atomic mass is 9.86. The van der Waals surface area contributed by atoms with Gasteiger partial charge in [0.1, 0.15) is 5.69 Å². The number of amides is 2.